The molecule has 3 unspecified atom stereocenters. The molecule has 21 heavy (non-hydrogen) atoms. The van der Waals surface area contributed by atoms with Crippen LogP contribution < -0.4 is 5.32 Å². The van der Waals surface area contributed by atoms with Crippen molar-refractivity contribution in [2.45, 2.75) is 57.5 Å². The molecule has 0 bridgehead atoms. The lowest BCUT2D eigenvalue weighted by Crippen LogP contribution is -2.56. The SMILES string of the molecule is CCCNC(c1cncnc1)C1(N(C)C)CCCC(C)C1. The van der Waals surface area contributed by atoms with Crippen molar-refractivity contribution in [2.24, 2.45) is 5.92 Å². The van der Waals surface area contributed by atoms with E-state index in [1.165, 1.54) is 31.2 Å². The van der Waals surface area contributed by atoms with Gasteiger partial charge in [-0.25, -0.2) is 9.97 Å². The molecule has 1 aromatic rings. The summed E-state index contributed by atoms with van der Waals surface area (Å²) in [5, 5.41) is 3.78. The summed E-state index contributed by atoms with van der Waals surface area (Å²) in [5.41, 5.74) is 1.38. The molecule has 1 N–H and O–H groups in total. The smallest absolute Gasteiger partial charge is 0.115 e. The summed E-state index contributed by atoms with van der Waals surface area (Å²) in [7, 11) is 4.45. The Kier molecular flexibility index (Phi) is 5.71. The Morgan fingerprint density at radius 1 is 1.38 bits per heavy atom. The van der Waals surface area contributed by atoms with Crippen molar-refractivity contribution in [3.05, 3.63) is 24.3 Å². The molecule has 3 atom stereocenters. The minimum absolute atomic E-state index is 0.164. The zero-order valence-electron chi connectivity index (χ0n) is 14.0. The molecule has 0 spiro atoms. The van der Waals surface area contributed by atoms with Gasteiger partial charge in [0.05, 0.1) is 6.04 Å². The van der Waals surface area contributed by atoms with Crippen molar-refractivity contribution >= 4 is 0 Å². The number of rotatable bonds is 6. The number of hydrogen-bond acceptors (Lipinski definition) is 4. The van der Waals surface area contributed by atoms with Gasteiger partial charge in [-0.3, -0.25) is 0 Å². The second-order valence-electron chi connectivity index (χ2n) is 6.76. The third-order valence-electron chi connectivity index (χ3n) is 4.95. The topological polar surface area (TPSA) is 41.1 Å². The maximum absolute atomic E-state index is 4.25. The van der Waals surface area contributed by atoms with E-state index < -0.39 is 0 Å². The Labute approximate surface area is 129 Å². The van der Waals surface area contributed by atoms with Crippen molar-refractivity contribution in [3.63, 3.8) is 0 Å². The largest absolute Gasteiger partial charge is 0.308 e. The monoisotopic (exact) mass is 290 g/mol. The molecule has 0 aliphatic heterocycles. The van der Waals surface area contributed by atoms with E-state index in [1.807, 2.05) is 12.4 Å². The van der Waals surface area contributed by atoms with Crippen LogP contribution >= 0.6 is 0 Å². The number of nitrogens with zero attached hydrogens (tertiary/aromatic N) is 3. The van der Waals surface area contributed by atoms with Gasteiger partial charge in [0.25, 0.3) is 0 Å². The maximum Gasteiger partial charge on any atom is 0.115 e. The fourth-order valence-electron chi connectivity index (χ4n) is 3.86. The molecule has 0 aromatic carbocycles. The van der Waals surface area contributed by atoms with E-state index in [9.17, 15) is 0 Å². The molecule has 1 saturated carbocycles. The standard InChI is InChI=1S/C17H30N4/c1-5-9-20-16(15-11-18-13-19-12-15)17(21(3)4)8-6-7-14(2)10-17/h11-14,16,20H,5-10H2,1-4H3. The summed E-state index contributed by atoms with van der Waals surface area (Å²) in [4.78, 5) is 10.9. The molecule has 1 aromatic heterocycles. The van der Waals surface area contributed by atoms with Gasteiger partial charge in [0.1, 0.15) is 6.33 Å². The molecular weight excluding hydrogens is 260 g/mol. The highest BCUT2D eigenvalue weighted by Crippen LogP contribution is 2.43. The normalized spacial score (nSPS) is 27.8. The first-order valence-electron chi connectivity index (χ1n) is 8.26. The molecule has 1 heterocycles. The molecule has 2 rings (SSSR count). The van der Waals surface area contributed by atoms with Crippen LogP contribution in [0.2, 0.25) is 0 Å². The van der Waals surface area contributed by atoms with Gasteiger partial charge < -0.3 is 10.2 Å². The predicted molar refractivity (Wildman–Crippen MR) is 87.1 cm³/mol. The van der Waals surface area contributed by atoms with Crippen molar-refractivity contribution in [1.82, 2.24) is 20.2 Å². The van der Waals surface area contributed by atoms with E-state index in [1.54, 1.807) is 6.33 Å². The van der Waals surface area contributed by atoms with Gasteiger partial charge in [-0.15, -0.1) is 0 Å². The van der Waals surface area contributed by atoms with E-state index in [2.05, 4.69) is 48.1 Å². The van der Waals surface area contributed by atoms with E-state index >= 15 is 0 Å². The first-order valence-corrected chi connectivity index (χ1v) is 8.26. The van der Waals surface area contributed by atoms with Crippen LogP contribution in [0.15, 0.2) is 18.7 Å². The Balaban J connectivity index is 2.35. The molecule has 1 aliphatic carbocycles. The number of aromatic nitrogens is 2. The fourth-order valence-corrected chi connectivity index (χ4v) is 3.86. The van der Waals surface area contributed by atoms with Gasteiger partial charge in [0.15, 0.2) is 0 Å². The van der Waals surface area contributed by atoms with Crippen molar-refractivity contribution < 1.29 is 0 Å². The zero-order chi connectivity index (χ0) is 15.3. The second-order valence-corrected chi connectivity index (χ2v) is 6.76. The third kappa shape index (κ3) is 3.61. The molecule has 0 radical (unpaired) electrons. The lowest BCUT2D eigenvalue weighted by Gasteiger charge is -2.50. The Morgan fingerprint density at radius 3 is 2.67 bits per heavy atom. The molecule has 118 valence electrons. The molecule has 4 nitrogen and oxygen atoms in total. The van der Waals surface area contributed by atoms with Crippen LogP contribution in [0.3, 0.4) is 0 Å². The van der Waals surface area contributed by atoms with E-state index in [4.69, 9.17) is 0 Å². The summed E-state index contributed by atoms with van der Waals surface area (Å²) in [6, 6.07) is 0.302. The van der Waals surface area contributed by atoms with Gasteiger partial charge in [-0.2, -0.15) is 0 Å². The van der Waals surface area contributed by atoms with Crippen LogP contribution in [0.1, 0.15) is 57.6 Å². The molecule has 1 fully saturated rings. The van der Waals surface area contributed by atoms with Gasteiger partial charge in [-0.1, -0.05) is 26.7 Å². The quantitative estimate of drug-likeness (QED) is 0.874. The molecule has 0 amide bonds. The molecule has 1 aliphatic rings. The van der Waals surface area contributed by atoms with E-state index in [0.717, 1.165) is 18.9 Å². The third-order valence-corrected chi connectivity index (χ3v) is 4.95. The average molecular weight is 290 g/mol. The van der Waals surface area contributed by atoms with E-state index in [0.29, 0.717) is 6.04 Å². The maximum atomic E-state index is 4.25. The summed E-state index contributed by atoms with van der Waals surface area (Å²) < 4.78 is 0. The summed E-state index contributed by atoms with van der Waals surface area (Å²) in [6.45, 7) is 5.64. The molecule has 4 heteroatoms. The van der Waals surface area contributed by atoms with Crippen LogP contribution in [0.25, 0.3) is 0 Å². The van der Waals surface area contributed by atoms with Crippen LogP contribution in [0.5, 0.6) is 0 Å². The van der Waals surface area contributed by atoms with Gasteiger partial charge >= 0.3 is 0 Å². The fraction of sp³-hybridized carbons (Fsp3) is 0.765. The Bertz CT molecular complexity index is 420. The number of hydrogen-bond donors (Lipinski definition) is 1. The van der Waals surface area contributed by atoms with Crippen LogP contribution in [-0.4, -0.2) is 41.0 Å². The lowest BCUT2D eigenvalue weighted by molar-refractivity contribution is 0.0364. The molecular formula is C17H30N4. The highest BCUT2D eigenvalue weighted by atomic mass is 15.2. The number of nitrogens with one attached hydrogen (secondary N) is 1. The zero-order valence-corrected chi connectivity index (χ0v) is 14.0. The Morgan fingerprint density at radius 2 is 2.10 bits per heavy atom. The summed E-state index contributed by atoms with van der Waals surface area (Å²) in [5.74, 6) is 0.775. The average Bonchev–Trinajstić information content (AvgIpc) is 2.48. The van der Waals surface area contributed by atoms with Crippen LogP contribution in [0.4, 0.5) is 0 Å². The van der Waals surface area contributed by atoms with Gasteiger partial charge in [-0.05, 0) is 45.8 Å². The van der Waals surface area contributed by atoms with Crippen LogP contribution in [-0.2, 0) is 0 Å². The molecule has 0 saturated heterocycles. The Hall–Kier alpha value is -1.00. The van der Waals surface area contributed by atoms with Gasteiger partial charge in [0.2, 0.25) is 0 Å². The second kappa shape index (κ2) is 7.32. The summed E-state index contributed by atoms with van der Waals surface area (Å²) >= 11 is 0. The first-order chi connectivity index (χ1) is 10.1. The van der Waals surface area contributed by atoms with E-state index in [-0.39, 0.29) is 5.54 Å². The van der Waals surface area contributed by atoms with Crippen molar-refractivity contribution in [1.29, 1.82) is 0 Å². The van der Waals surface area contributed by atoms with Crippen LogP contribution in [0, 0.1) is 5.92 Å². The summed E-state index contributed by atoms with van der Waals surface area (Å²) in [6.07, 6.45) is 11.8. The minimum Gasteiger partial charge on any atom is -0.308 e. The predicted octanol–water partition coefficient (Wildman–Crippen LogP) is 3.03. The highest BCUT2D eigenvalue weighted by Gasteiger charge is 2.44. The first kappa shape index (κ1) is 16.4. The highest BCUT2D eigenvalue weighted by molar-refractivity contribution is 5.18. The lowest BCUT2D eigenvalue weighted by atomic mass is 9.70. The van der Waals surface area contributed by atoms with Gasteiger partial charge in [0, 0.05) is 23.5 Å². The number of likely N-dealkylation sites (N-methyl/N-ethyl adjacent to an activating group) is 1. The van der Waals surface area contributed by atoms with Crippen molar-refractivity contribution in [2.75, 3.05) is 20.6 Å². The van der Waals surface area contributed by atoms with Crippen molar-refractivity contribution in [3.8, 4) is 0 Å². The minimum atomic E-state index is 0.164.